The zero-order valence-electron chi connectivity index (χ0n) is 13.2. The minimum absolute atomic E-state index is 0.0846. The summed E-state index contributed by atoms with van der Waals surface area (Å²) < 4.78 is 13.1. The third kappa shape index (κ3) is 4.70. The summed E-state index contributed by atoms with van der Waals surface area (Å²) in [6, 6.07) is 5.95. The predicted molar refractivity (Wildman–Crippen MR) is 84.8 cm³/mol. The summed E-state index contributed by atoms with van der Waals surface area (Å²) in [6.45, 7) is 8.44. The van der Waals surface area contributed by atoms with E-state index in [1.165, 1.54) is 12.1 Å². The second kappa shape index (κ2) is 8.62. The number of rotatable bonds is 8. The van der Waals surface area contributed by atoms with E-state index >= 15 is 0 Å². The summed E-state index contributed by atoms with van der Waals surface area (Å²) in [5.74, 6) is -0.193. The molecule has 0 saturated carbocycles. The fourth-order valence-corrected chi connectivity index (χ4v) is 2.37. The minimum atomic E-state index is -0.290. The van der Waals surface area contributed by atoms with Crippen LogP contribution in [0.3, 0.4) is 0 Å². The Morgan fingerprint density at radius 2 is 1.81 bits per heavy atom. The van der Waals surface area contributed by atoms with Crippen LogP contribution in [-0.4, -0.2) is 43.0 Å². The Balaban J connectivity index is 2.95. The Hall–Kier alpha value is -1.62. The molecule has 0 bridgehead atoms. The van der Waals surface area contributed by atoms with Gasteiger partial charge in [-0.1, -0.05) is 0 Å². The number of amides is 1. The largest absolute Gasteiger partial charge is 0.360 e. The van der Waals surface area contributed by atoms with Crippen molar-refractivity contribution in [3.8, 4) is 0 Å². The number of likely N-dealkylation sites (N-methyl/N-ethyl adjacent to an activating group) is 1. The predicted octanol–water partition coefficient (Wildman–Crippen LogP) is 2.24. The first kappa shape index (κ1) is 17.4. The first-order chi connectivity index (χ1) is 10.0. The Kier molecular flexibility index (Phi) is 7.15. The Morgan fingerprint density at radius 1 is 1.24 bits per heavy atom. The number of halogens is 1. The monoisotopic (exact) mass is 295 g/mol. The second-order valence-electron chi connectivity index (χ2n) is 5.00. The van der Waals surface area contributed by atoms with Gasteiger partial charge in [0.1, 0.15) is 11.9 Å². The summed E-state index contributed by atoms with van der Waals surface area (Å²) in [6.07, 6.45) is 0.785. The lowest BCUT2D eigenvalue weighted by molar-refractivity contribution is -0.131. The van der Waals surface area contributed by atoms with E-state index in [9.17, 15) is 9.18 Å². The van der Waals surface area contributed by atoms with E-state index in [0.29, 0.717) is 26.2 Å². The topological polar surface area (TPSA) is 49.6 Å². The Bertz CT molecular complexity index is 432. The zero-order chi connectivity index (χ0) is 15.8. The van der Waals surface area contributed by atoms with Crippen molar-refractivity contribution in [3.63, 3.8) is 0 Å². The van der Waals surface area contributed by atoms with Gasteiger partial charge in [-0.15, -0.1) is 0 Å². The van der Waals surface area contributed by atoms with Crippen molar-refractivity contribution in [1.29, 1.82) is 0 Å². The molecule has 0 saturated heterocycles. The summed E-state index contributed by atoms with van der Waals surface area (Å²) in [5, 5.41) is 0. The van der Waals surface area contributed by atoms with Crippen LogP contribution in [0.5, 0.6) is 0 Å². The highest BCUT2D eigenvalue weighted by Crippen LogP contribution is 2.19. The standard InChI is InChI=1S/C16H26FN3O/c1-4-19(5-2)16(21)13(3)20(12-6-11-18)15-9-7-14(17)8-10-15/h7-10,13H,4-6,11-12,18H2,1-3H3. The van der Waals surface area contributed by atoms with Crippen LogP contribution in [-0.2, 0) is 4.79 Å². The third-order valence-corrected chi connectivity index (χ3v) is 3.66. The van der Waals surface area contributed by atoms with Crippen molar-refractivity contribution in [1.82, 2.24) is 4.90 Å². The summed E-state index contributed by atoms with van der Waals surface area (Å²) >= 11 is 0. The molecule has 1 unspecified atom stereocenters. The quantitative estimate of drug-likeness (QED) is 0.800. The molecule has 4 nitrogen and oxygen atoms in total. The Morgan fingerprint density at radius 3 is 2.29 bits per heavy atom. The number of hydrogen-bond donors (Lipinski definition) is 1. The van der Waals surface area contributed by atoms with Gasteiger partial charge in [0.05, 0.1) is 0 Å². The smallest absolute Gasteiger partial charge is 0.244 e. The number of carbonyl (C=O) groups excluding carboxylic acids is 1. The Labute approximate surface area is 126 Å². The third-order valence-electron chi connectivity index (χ3n) is 3.66. The highest BCUT2D eigenvalue weighted by Gasteiger charge is 2.24. The van der Waals surface area contributed by atoms with E-state index in [-0.39, 0.29) is 17.8 Å². The molecule has 0 spiro atoms. The molecule has 0 aliphatic heterocycles. The molecule has 0 fully saturated rings. The number of carbonyl (C=O) groups is 1. The van der Waals surface area contributed by atoms with Crippen molar-refractivity contribution in [2.24, 2.45) is 5.73 Å². The maximum absolute atomic E-state index is 13.1. The number of benzene rings is 1. The van der Waals surface area contributed by atoms with E-state index in [1.54, 1.807) is 12.1 Å². The highest BCUT2D eigenvalue weighted by molar-refractivity contribution is 5.85. The first-order valence-electron chi connectivity index (χ1n) is 7.56. The lowest BCUT2D eigenvalue weighted by atomic mass is 10.1. The van der Waals surface area contributed by atoms with Crippen LogP contribution in [0.2, 0.25) is 0 Å². The molecule has 1 aromatic carbocycles. The fourth-order valence-electron chi connectivity index (χ4n) is 2.37. The molecule has 0 aliphatic rings. The number of nitrogens with two attached hydrogens (primary N) is 1. The van der Waals surface area contributed by atoms with Gasteiger partial charge in [-0.2, -0.15) is 0 Å². The zero-order valence-corrected chi connectivity index (χ0v) is 13.2. The molecule has 1 amide bonds. The van der Waals surface area contributed by atoms with E-state index in [4.69, 9.17) is 5.73 Å². The van der Waals surface area contributed by atoms with Crippen LogP contribution in [0.15, 0.2) is 24.3 Å². The number of hydrogen-bond acceptors (Lipinski definition) is 3. The molecule has 0 aliphatic carbocycles. The van der Waals surface area contributed by atoms with Gasteiger partial charge in [0.15, 0.2) is 0 Å². The molecule has 1 atom stereocenters. The lowest BCUT2D eigenvalue weighted by Crippen LogP contribution is -2.48. The highest BCUT2D eigenvalue weighted by atomic mass is 19.1. The van der Waals surface area contributed by atoms with Gasteiger partial charge in [-0.05, 0) is 58.0 Å². The van der Waals surface area contributed by atoms with Crippen LogP contribution in [0.4, 0.5) is 10.1 Å². The average Bonchev–Trinajstić information content (AvgIpc) is 2.50. The van der Waals surface area contributed by atoms with E-state index in [2.05, 4.69) is 0 Å². The van der Waals surface area contributed by atoms with Crippen LogP contribution in [0.25, 0.3) is 0 Å². The summed E-state index contributed by atoms with van der Waals surface area (Å²) in [5.41, 5.74) is 6.43. The molecule has 5 heteroatoms. The van der Waals surface area contributed by atoms with Crippen LogP contribution in [0.1, 0.15) is 27.2 Å². The number of nitrogens with zero attached hydrogens (tertiary/aromatic N) is 2. The molecular weight excluding hydrogens is 269 g/mol. The second-order valence-corrected chi connectivity index (χ2v) is 5.00. The number of anilines is 1. The van der Waals surface area contributed by atoms with Gasteiger partial charge >= 0.3 is 0 Å². The first-order valence-corrected chi connectivity index (χ1v) is 7.56. The van der Waals surface area contributed by atoms with Crippen LogP contribution < -0.4 is 10.6 Å². The van der Waals surface area contributed by atoms with Gasteiger partial charge in [0, 0.05) is 25.3 Å². The van der Waals surface area contributed by atoms with Crippen molar-refractivity contribution in [2.45, 2.75) is 33.2 Å². The molecule has 0 aromatic heterocycles. The van der Waals surface area contributed by atoms with Crippen molar-refractivity contribution < 1.29 is 9.18 Å². The molecule has 0 radical (unpaired) electrons. The van der Waals surface area contributed by atoms with Crippen molar-refractivity contribution >= 4 is 11.6 Å². The van der Waals surface area contributed by atoms with Gasteiger partial charge in [0.25, 0.3) is 0 Å². The van der Waals surface area contributed by atoms with E-state index < -0.39 is 0 Å². The summed E-state index contributed by atoms with van der Waals surface area (Å²) in [7, 11) is 0. The summed E-state index contributed by atoms with van der Waals surface area (Å²) in [4.78, 5) is 16.3. The molecule has 2 N–H and O–H groups in total. The molecule has 0 heterocycles. The molecule has 1 rings (SSSR count). The SMILES string of the molecule is CCN(CC)C(=O)C(C)N(CCCN)c1ccc(F)cc1. The fraction of sp³-hybridized carbons (Fsp3) is 0.562. The van der Waals surface area contributed by atoms with E-state index in [0.717, 1.165) is 12.1 Å². The molecule has 118 valence electrons. The van der Waals surface area contributed by atoms with Crippen LogP contribution in [0, 0.1) is 5.82 Å². The average molecular weight is 295 g/mol. The van der Waals surface area contributed by atoms with Crippen molar-refractivity contribution in [2.75, 3.05) is 31.1 Å². The molecular formula is C16H26FN3O. The van der Waals surface area contributed by atoms with Crippen LogP contribution >= 0.6 is 0 Å². The molecule has 21 heavy (non-hydrogen) atoms. The molecule has 1 aromatic rings. The van der Waals surface area contributed by atoms with Gasteiger partial charge in [-0.25, -0.2) is 4.39 Å². The maximum atomic E-state index is 13.1. The normalized spacial score (nSPS) is 12.0. The maximum Gasteiger partial charge on any atom is 0.244 e. The van der Waals surface area contributed by atoms with Gasteiger partial charge in [0.2, 0.25) is 5.91 Å². The van der Waals surface area contributed by atoms with Crippen molar-refractivity contribution in [3.05, 3.63) is 30.1 Å². The van der Waals surface area contributed by atoms with E-state index in [1.807, 2.05) is 30.6 Å². The minimum Gasteiger partial charge on any atom is -0.360 e. The van der Waals surface area contributed by atoms with Gasteiger partial charge < -0.3 is 15.5 Å². The van der Waals surface area contributed by atoms with Gasteiger partial charge in [-0.3, -0.25) is 4.79 Å². The lowest BCUT2D eigenvalue weighted by Gasteiger charge is -2.33.